The fourth-order valence-corrected chi connectivity index (χ4v) is 2.29. The monoisotopic (exact) mass is 229 g/mol. The lowest BCUT2D eigenvalue weighted by molar-refractivity contribution is 0.144. The molecule has 0 heterocycles. The number of rotatable bonds is 4. The Morgan fingerprint density at radius 3 is 2.29 bits per heavy atom. The lowest BCUT2D eigenvalue weighted by Gasteiger charge is -2.27. The van der Waals surface area contributed by atoms with Crippen LogP contribution in [0.4, 0.5) is 0 Å². The van der Waals surface area contributed by atoms with Gasteiger partial charge in [0.2, 0.25) is 0 Å². The zero-order valence-electron chi connectivity index (χ0n) is 8.29. The van der Waals surface area contributed by atoms with E-state index in [9.17, 15) is 5.11 Å². The van der Waals surface area contributed by atoms with Gasteiger partial charge in [-0.25, -0.2) is 0 Å². The molecule has 0 saturated carbocycles. The van der Waals surface area contributed by atoms with Gasteiger partial charge < -0.3 is 5.11 Å². The van der Waals surface area contributed by atoms with Crippen LogP contribution in [0.1, 0.15) is 11.6 Å². The zero-order chi connectivity index (χ0) is 10.6. The number of likely N-dealkylation sites (N-methyl/N-ethyl adjacent to an activating group) is 1. The van der Waals surface area contributed by atoms with Gasteiger partial charge in [0.25, 0.3) is 0 Å². The third-order valence-corrected chi connectivity index (χ3v) is 3.20. The molecule has 1 unspecified atom stereocenters. The summed E-state index contributed by atoms with van der Waals surface area (Å²) in [7, 11) is 5.06. The normalized spacial score (nSPS) is 15.5. The Morgan fingerprint density at radius 1 is 1.29 bits per heavy atom. The lowest BCUT2D eigenvalue weighted by Crippen LogP contribution is -2.28. The lowest BCUT2D eigenvalue weighted by atomic mass is 10.1. The summed E-state index contributed by atoms with van der Waals surface area (Å²) in [4.78, 5) is 1.99. The highest BCUT2D eigenvalue weighted by atomic mass is 33.1. The molecule has 0 aliphatic rings. The van der Waals surface area contributed by atoms with E-state index in [1.54, 1.807) is 0 Å². The van der Waals surface area contributed by atoms with E-state index in [4.69, 9.17) is 0 Å². The number of aliphatic hydroxyl groups excluding tert-OH is 1. The second-order valence-electron chi connectivity index (χ2n) is 3.32. The van der Waals surface area contributed by atoms with Gasteiger partial charge in [0.15, 0.2) is 0 Å². The Kier molecular flexibility index (Phi) is 4.81. The van der Waals surface area contributed by atoms with Crippen molar-refractivity contribution >= 4 is 22.5 Å². The van der Waals surface area contributed by atoms with E-state index >= 15 is 0 Å². The summed E-state index contributed by atoms with van der Waals surface area (Å²) in [5.41, 5.74) is 0.585. The van der Waals surface area contributed by atoms with Gasteiger partial charge in [-0.1, -0.05) is 41.1 Å². The van der Waals surface area contributed by atoms with Crippen molar-refractivity contribution in [3.05, 3.63) is 35.9 Å². The molecule has 78 valence electrons. The van der Waals surface area contributed by atoms with Crippen LogP contribution in [0.15, 0.2) is 30.3 Å². The van der Waals surface area contributed by atoms with Gasteiger partial charge in [-0.3, -0.25) is 4.90 Å². The van der Waals surface area contributed by atoms with Crippen molar-refractivity contribution in [2.24, 2.45) is 0 Å². The van der Waals surface area contributed by atoms with E-state index in [-0.39, 0.29) is 6.04 Å². The minimum atomic E-state index is -0.518. The number of hydrogen-bond acceptors (Lipinski definition) is 4. The van der Waals surface area contributed by atoms with Gasteiger partial charge in [0.05, 0.1) is 6.04 Å². The van der Waals surface area contributed by atoms with Crippen LogP contribution in [-0.2, 0) is 0 Å². The van der Waals surface area contributed by atoms with E-state index in [1.165, 1.54) is 0 Å². The van der Waals surface area contributed by atoms with Crippen LogP contribution < -0.4 is 0 Å². The fourth-order valence-electron chi connectivity index (χ4n) is 1.43. The Hall–Kier alpha value is -0.160. The molecule has 2 atom stereocenters. The smallest absolute Gasteiger partial charge is 0.129 e. The van der Waals surface area contributed by atoms with Crippen molar-refractivity contribution < 1.29 is 5.11 Å². The molecule has 0 fully saturated rings. The van der Waals surface area contributed by atoms with E-state index in [1.807, 2.05) is 49.3 Å². The van der Waals surface area contributed by atoms with Crippen molar-refractivity contribution in [1.29, 1.82) is 0 Å². The van der Waals surface area contributed by atoms with Gasteiger partial charge in [0, 0.05) is 0 Å². The highest BCUT2D eigenvalue weighted by Crippen LogP contribution is 2.30. The molecule has 0 aliphatic carbocycles. The molecule has 0 amide bonds. The van der Waals surface area contributed by atoms with Crippen molar-refractivity contribution in [1.82, 2.24) is 4.90 Å². The Bertz CT molecular complexity index is 266. The maximum absolute atomic E-state index is 9.79. The topological polar surface area (TPSA) is 23.5 Å². The van der Waals surface area contributed by atoms with Crippen molar-refractivity contribution in [2.45, 2.75) is 11.5 Å². The molecule has 0 radical (unpaired) electrons. The molecule has 0 aromatic heterocycles. The fraction of sp³-hybridized carbons (Fsp3) is 0.400. The number of benzene rings is 1. The van der Waals surface area contributed by atoms with Gasteiger partial charge in [0.1, 0.15) is 5.44 Å². The third kappa shape index (κ3) is 2.92. The maximum Gasteiger partial charge on any atom is 0.129 e. The summed E-state index contributed by atoms with van der Waals surface area (Å²) in [6.45, 7) is 0. The van der Waals surface area contributed by atoms with E-state index < -0.39 is 5.44 Å². The number of aliphatic hydroxyl groups is 1. The average Bonchev–Trinajstić information content (AvgIpc) is 2.19. The molecule has 1 aromatic carbocycles. The quantitative estimate of drug-likeness (QED) is 0.470. The van der Waals surface area contributed by atoms with Crippen molar-refractivity contribution in [2.75, 3.05) is 14.1 Å². The second-order valence-corrected chi connectivity index (χ2v) is 4.64. The van der Waals surface area contributed by atoms with Gasteiger partial charge in [-0.2, -0.15) is 0 Å². The molecule has 2 nitrogen and oxygen atoms in total. The molecule has 0 saturated heterocycles. The Balaban J connectivity index is 2.89. The minimum Gasteiger partial charge on any atom is -0.380 e. The van der Waals surface area contributed by atoms with Crippen LogP contribution in [-0.4, -0.2) is 29.5 Å². The van der Waals surface area contributed by atoms with Crippen LogP contribution in [0.5, 0.6) is 0 Å². The van der Waals surface area contributed by atoms with E-state index in [0.717, 1.165) is 16.4 Å². The van der Waals surface area contributed by atoms with Crippen LogP contribution in [0.25, 0.3) is 0 Å². The summed E-state index contributed by atoms with van der Waals surface area (Å²) in [5.74, 6) is 0. The first-order valence-corrected chi connectivity index (χ1v) is 6.29. The largest absolute Gasteiger partial charge is 0.380 e. The first-order chi connectivity index (χ1) is 6.66. The number of nitrogens with zero attached hydrogens (tertiary/aromatic N) is 1. The predicted octanol–water partition coefficient (Wildman–Crippen LogP) is 2.19. The highest BCUT2D eigenvalue weighted by Gasteiger charge is 2.22. The standard InChI is InChI=1S/C10H15NOS2/c1-11(2)9(10(12)14-13)8-6-4-3-5-7-8/h3-7,9-10,12-13H,1-2H3/t9-,10?/m1/s1. The molecule has 1 N–H and O–H groups in total. The second kappa shape index (κ2) is 5.66. The van der Waals surface area contributed by atoms with Crippen LogP contribution >= 0.6 is 22.5 Å². The Labute approximate surface area is 94.1 Å². The number of thiol groups is 1. The van der Waals surface area contributed by atoms with Crippen LogP contribution in [0.3, 0.4) is 0 Å². The predicted molar refractivity (Wildman–Crippen MR) is 65.5 cm³/mol. The highest BCUT2D eigenvalue weighted by molar-refractivity contribution is 8.68. The molecule has 0 aliphatic heterocycles. The van der Waals surface area contributed by atoms with Crippen LogP contribution in [0, 0.1) is 0 Å². The first kappa shape index (κ1) is 11.9. The van der Waals surface area contributed by atoms with E-state index in [2.05, 4.69) is 11.7 Å². The van der Waals surface area contributed by atoms with Gasteiger partial charge >= 0.3 is 0 Å². The zero-order valence-corrected chi connectivity index (χ0v) is 10.0. The number of hydrogen-bond donors (Lipinski definition) is 2. The molecule has 0 bridgehead atoms. The average molecular weight is 229 g/mol. The Morgan fingerprint density at radius 2 is 1.86 bits per heavy atom. The molecule has 4 heteroatoms. The molecule has 1 aromatic rings. The van der Waals surface area contributed by atoms with E-state index in [0.29, 0.717) is 0 Å². The summed E-state index contributed by atoms with van der Waals surface area (Å²) in [6.07, 6.45) is 0. The maximum atomic E-state index is 9.79. The van der Waals surface area contributed by atoms with Crippen LogP contribution in [0.2, 0.25) is 0 Å². The first-order valence-electron chi connectivity index (χ1n) is 4.36. The van der Waals surface area contributed by atoms with Gasteiger partial charge in [-0.15, -0.1) is 11.7 Å². The van der Waals surface area contributed by atoms with Crippen molar-refractivity contribution in [3.8, 4) is 0 Å². The van der Waals surface area contributed by atoms with Crippen molar-refractivity contribution in [3.63, 3.8) is 0 Å². The summed E-state index contributed by atoms with van der Waals surface area (Å²) < 4.78 is 0. The summed E-state index contributed by atoms with van der Waals surface area (Å²) in [5, 5.41) is 9.79. The summed E-state index contributed by atoms with van der Waals surface area (Å²) in [6, 6.07) is 9.93. The molecule has 14 heavy (non-hydrogen) atoms. The third-order valence-electron chi connectivity index (χ3n) is 2.08. The van der Waals surface area contributed by atoms with Gasteiger partial charge in [-0.05, 0) is 19.7 Å². The summed E-state index contributed by atoms with van der Waals surface area (Å²) >= 11 is 4.04. The SMILES string of the molecule is CN(C)[C@H](c1ccccc1)C(O)SS. The molecule has 1 rings (SSSR count). The molecular formula is C10H15NOS2. The minimum absolute atomic E-state index is 0.0151. The molecular weight excluding hydrogens is 214 g/mol. The molecule has 0 spiro atoms.